The van der Waals surface area contributed by atoms with Gasteiger partial charge in [0, 0.05) is 6.26 Å². The summed E-state index contributed by atoms with van der Waals surface area (Å²) < 4.78 is 50.7. The highest BCUT2D eigenvalue weighted by Crippen LogP contribution is 2.30. The summed E-state index contributed by atoms with van der Waals surface area (Å²) in [5, 5.41) is 0. The van der Waals surface area contributed by atoms with Gasteiger partial charge in [-0.15, -0.1) is 0 Å². The van der Waals surface area contributed by atoms with Crippen LogP contribution in [-0.4, -0.2) is 29.1 Å². The lowest BCUT2D eigenvalue weighted by Crippen LogP contribution is -2.26. The molecule has 1 radical (unpaired) electrons. The molecule has 0 unspecified atom stereocenters. The lowest BCUT2D eigenvalue weighted by molar-refractivity contribution is -0.143. The van der Waals surface area contributed by atoms with Gasteiger partial charge in [0.2, 0.25) is 10.7 Å². The summed E-state index contributed by atoms with van der Waals surface area (Å²) in [6, 6.07) is 3.69. The largest absolute Gasteiger partial charge is 0.425 e. The number of hydrogen-bond acceptors (Lipinski definition) is 6. The number of carbonyl (C=O) groups excluding carboxylic acids is 1. The Bertz CT molecular complexity index is 700. The van der Waals surface area contributed by atoms with Crippen LogP contribution in [0.4, 0.5) is 0 Å². The maximum Gasteiger partial charge on any atom is 0.316 e. The van der Waals surface area contributed by atoms with Gasteiger partial charge < -0.3 is 4.74 Å². The number of carbonyl (C=O) groups is 1. The molecule has 0 N–H and O–H groups in total. The maximum absolute atomic E-state index is 11.8. The van der Waals surface area contributed by atoms with Gasteiger partial charge in [-0.05, 0) is 32.9 Å². The van der Waals surface area contributed by atoms with Crippen molar-refractivity contribution in [3.63, 3.8) is 0 Å². The first-order chi connectivity index (χ1) is 8.94. The third-order valence-electron chi connectivity index (χ3n) is 2.31. The van der Waals surface area contributed by atoms with E-state index in [0.717, 1.165) is 12.3 Å². The Hall–Kier alpha value is -1.54. The van der Waals surface area contributed by atoms with Crippen molar-refractivity contribution < 1.29 is 26.4 Å². The van der Waals surface area contributed by atoms with Gasteiger partial charge in [0.15, 0.2) is 15.6 Å². The summed E-state index contributed by atoms with van der Waals surface area (Å²) in [6.07, 6.45) is 0.854. The first-order valence-electron chi connectivity index (χ1n) is 5.59. The highest BCUT2D eigenvalue weighted by Gasteiger charge is 2.28. The SMILES string of the molecule is CC(C)(C)C(=O)Oc1cccc([S](=O)=O)c1S(C)(=O)=O. The van der Waals surface area contributed by atoms with Crippen molar-refractivity contribution in [1.82, 2.24) is 0 Å². The predicted molar refractivity (Wildman–Crippen MR) is 71.8 cm³/mol. The van der Waals surface area contributed by atoms with Gasteiger partial charge in [-0.25, -0.2) is 8.42 Å². The molecule has 6 nitrogen and oxygen atoms in total. The summed E-state index contributed by atoms with van der Waals surface area (Å²) >= 11 is 0. The number of ether oxygens (including phenoxy) is 1. The summed E-state index contributed by atoms with van der Waals surface area (Å²) in [6.45, 7) is 4.81. The molecule has 0 saturated heterocycles. The van der Waals surface area contributed by atoms with Crippen LogP contribution in [0.2, 0.25) is 0 Å². The average Bonchev–Trinajstić information content (AvgIpc) is 2.25. The van der Waals surface area contributed by atoms with Gasteiger partial charge in [-0.2, -0.15) is 8.42 Å². The minimum atomic E-state index is -3.87. The zero-order chi connectivity index (χ0) is 15.7. The standard InChI is InChI=1S/C12H15O6S2/c1-12(2,3)11(13)18-8-6-5-7-9(19(14)15)10(8)20(4,16)17/h5-7H,1-4H3. The second kappa shape index (κ2) is 5.45. The number of hydrogen-bond donors (Lipinski definition) is 0. The molecule has 0 bridgehead atoms. The minimum absolute atomic E-state index is 0.283. The van der Waals surface area contributed by atoms with E-state index in [9.17, 15) is 21.6 Å². The fourth-order valence-electron chi connectivity index (χ4n) is 1.33. The monoisotopic (exact) mass is 319 g/mol. The van der Waals surface area contributed by atoms with E-state index in [2.05, 4.69) is 0 Å². The second-order valence-electron chi connectivity index (χ2n) is 5.23. The van der Waals surface area contributed by atoms with Crippen molar-refractivity contribution in [1.29, 1.82) is 0 Å². The van der Waals surface area contributed by atoms with Gasteiger partial charge in [0.05, 0.1) is 5.41 Å². The van der Waals surface area contributed by atoms with Gasteiger partial charge in [0.1, 0.15) is 9.79 Å². The molecule has 0 aliphatic heterocycles. The van der Waals surface area contributed by atoms with E-state index in [1.165, 1.54) is 12.1 Å². The highest BCUT2D eigenvalue weighted by molar-refractivity contribution is 7.91. The molecule has 1 aromatic rings. The smallest absolute Gasteiger partial charge is 0.316 e. The maximum atomic E-state index is 11.8. The van der Waals surface area contributed by atoms with Crippen LogP contribution < -0.4 is 4.74 Å². The first-order valence-corrected chi connectivity index (χ1v) is 8.56. The van der Waals surface area contributed by atoms with Crippen LogP contribution in [0, 0.1) is 5.41 Å². The number of sulfone groups is 1. The molecule has 0 amide bonds. The van der Waals surface area contributed by atoms with Gasteiger partial charge >= 0.3 is 5.97 Å². The topological polar surface area (TPSA) is 94.6 Å². The normalized spacial score (nSPS) is 12.0. The van der Waals surface area contributed by atoms with E-state index in [1.54, 1.807) is 20.8 Å². The lowest BCUT2D eigenvalue weighted by atomic mass is 9.97. The van der Waals surface area contributed by atoms with Crippen molar-refractivity contribution in [2.75, 3.05) is 6.26 Å². The Morgan fingerprint density at radius 2 is 1.75 bits per heavy atom. The summed E-state index contributed by atoms with van der Waals surface area (Å²) in [4.78, 5) is 10.9. The highest BCUT2D eigenvalue weighted by atomic mass is 32.2. The molecule has 0 aromatic heterocycles. The molecule has 1 rings (SSSR count). The molecule has 111 valence electrons. The second-order valence-corrected chi connectivity index (χ2v) is 8.09. The number of rotatable bonds is 3. The number of benzene rings is 1. The van der Waals surface area contributed by atoms with Crippen LogP contribution in [0.25, 0.3) is 0 Å². The summed E-state index contributed by atoms with van der Waals surface area (Å²) in [5.41, 5.74) is -0.846. The van der Waals surface area contributed by atoms with Crippen LogP contribution in [0.15, 0.2) is 28.0 Å². The van der Waals surface area contributed by atoms with Crippen molar-refractivity contribution in [3.8, 4) is 5.75 Å². The molecule has 8 heteroatoms. The fourth-order valence-corrected chi connectivity index (χ4v) is 3.33. The van der Waals surface area contributed by atoms with E-state index in [4.69, 9.17) is 4.74 Å². The first kappa shape index (κ1) is 16.5. The molecule has 0 aliphatic rings. The van der Waals surface area contributed by atoms with E-state index >= 15 is 0 Å². The van der Waals surface area contributed by atoms with E-state index in [-0.39, 0.29) is 5.75 Å². The molecular weight excluding hydrogens is 304 g/mol. The Balaban J connectivity index is 3.50. The molecule has 20 heavy (non-hydrogen) atoms. The third-order valence-corrected chi connectivity index (χ3v) is 4.30. The minimum Gasteiger partial charge on any atom is -0.425 e. The molecular formula is C12H15O6S2. The van der Waals surface area contributed by atoms with E-state index in [0.29, 0.717) is 0 Å². The van der Waals surface area contributed by atoms with E-state index in [1.807, 2.05) is 0 Å². The molecule has 0 heterocycles. The summed E-state index contributed by atoms with van der Waals surface area (Å²) in [7, 11) is -6.62. The quantitative estimate of drug-likeness (QED) is 0.615. The van der Waals surface area contributed by atoms with Crippen LogP contribution in [0.3, 0.4) is 0 Å². The molecule has 0 spiro atoms. The average molecular weight is 319 g/mol. The van der Waals surface area contributed by atoms with Crippen molar-refractivity contribution in [2.45, 2.75) is 30.6 Å². The molecule has 0 saturated carbocycles. The fraction of sp³-hybridized carbons (Fsp3) is 0.417. The van der Waals surface area contributed by atoms with Gasteiger partial charge in [-0.3, -0.25) is 4.79 Å². The molecule has 0 aliphatic carbocycles. The van der Waals surface area contributed by atoms with Gasteiger partial charge in [0.25, 0.3) is 0 Å². The van der Waals surface area contributed by atoms with Crippen molar-refractivity contribution in [2.24, 2.45) is 5.41 Å². The third kappa shape index (κ3) is 3.73. The van der Waals surface area contributed by atoms with E-state index < -0.39 is 41.7 Å². The molecule has 0 fully saturated rings. The van der Waals surface area contributed by atoms with Crippen LogP contribution >= 0.6 is 0 Å². The lowest BCUT2D eigenvalue weighted by Gasteiger charge is -2.17. The molecule has 0 atom stereocenters. The van der Waals surface area contributed by atoms with Crippen LogP contribution in [0.1, 0.15) is 20.8 Å². The Morgan fingerprint density at radius 1 is 1.20 bits per heavy atom. The zero-order valence-corrected chi connectivity index (χ0v) is 13.1. The zero-order valence-electron chi connectivity index (χ0n) is 11.5. The Labute approximate surface area is 119 Å². The Kier molecular flexibility index (Phi) is 4.50. The summed E-state index contributed by atoms with van der Waals surface area (Å²) in [5.74, 6) is -0.939. The van der Waals surface area contributed by atoms with Crippen LogP contribution in [0.5, 0.6) is 5.75 Å². The molecule has 1 aromatic carbocycles. The van der Waals surface area contributed by atoms with Crippen molar-refractivity contribution >= 4 is 26.5 Å². The predicted octanol–water partition coefficient (Wildman–Crippen LogP) is 1.28. The van der Waals surface area contributed by atoms with Crippen LogP contribution in [-0.2, 0) is 25.3 Å². The van der Waals surface area contributed by atoms with Crippen molar-refractivity contribution in [3.05, 3.63) is 18.2 Å². The van der Waals surface area contributed by atoms with Gasteiger partial charge in [-0.1, -0.05) is 6.07 Å². The Morgan fingerprint density at radius 3 is 2.15 bits per heavy atom. The number of esters is 1.